The molecule has 1 unspecified atom stereocenters. The van der Waals surface area contributed by atoms with Gasteiger partial charge >= 0.3 is 0 Å². The van der Waals surface area contributed by atoms with Crippen LogP contribution in [0.4, 0.5) is 0 Å². The fourth-order valence-corrected chi connectivity index (χ4v) is 1.88. The zero-order valence-electron chi connectivity index (χ0n) is 7.78. The lowest BCUT2D eigenvalue weighted by molar-refractivity contribution is 0.576. The Morgan fingerprint density at radius 2 is 2.23 bits per heavy atom. The highest BCUT2D eigenvalue weighted by molar-refractivity contribution is 7.98. The molecule has 0 saturated carbocycles. The molecule has 0 fully saturated rings. The Balaban J connectivity index is 3.86. The Kier molecular flexibility index (Phi) is 6.12. The Hall–Kier alpha value is -0.250. The van der Waals surface area contributed by atoms with Crippen LogP contribution in [-0.4, -0.2) is 32.2 Å². The lowest BCUT2D eigenvalue weighted by Gasteiger charge is -2.06. The summed E-state index contributed by atoms with van der Waals surface area (Å²) in [6.45, 7) is 1.78. The molecule has 76 valence electrons. The van der Waals surface area contributed by atoms with Gasteiger partial charge in [-0.1, -0.05) is 0 Å². The van der Waals surface area contributed by atoms with Crippen LogP contribution >= 0.6 is 11.8 Å². The van der Waals surface area contributed by atoms with Crippen molar-refractivity contribution in [3.05, 3.63) is 0 Å². The molecule has 0 aromatic heterocycles. The third-order valence-corrected chi connectivity index (χ3v) is 3.82. The van der Waals surface area contributed by atoms with Crippen molar-refractivity contribution in [1.82, 2.24) is 4.72 Å². The monoisotopic (exact) mass is 222 g/mol. The fourth-order valence-electron chi connectivity index (χ4n) is 0.625. The van der Waals surface area contributed by atoms with E-state index in [1.807, 2.05) is 6.26 Å². The van der Waals surface area contributed by atoms with E-state index in [2.05, 4.69) is 4.72 Å². The highest BCUT2D eigenvalue weighted by atomic mass is 32.2. The summed E-state index contributed by atoms with van der Waals surface area (Å²) in [5.74, 6) is 0.920. The molecule has 0 rings (SSSR count). The molecular formula is C7H14N2O2S2. The summed E-state index contributed by atoms with van der Waals surface area (Å²) in [6, 6.07) is 1.69. The van der Waals surface area contributed by atoms with Crippen molar-refractivity contribution < 1.29 is 8.42 Å². The molecule has 1 N–H and O–H groups in total. The van der Waals surface area contributed by atoms with Crippen molar-refractivity contribution in [2.75, 3.05) is 18.6 Å². The summed E-state index contributed by atoms with van der Waals surface area (Å²) in [5.41, 5.74) is 0. The van der Waals surface area contributed by atoms with Crippen molar-refractivity contribution in [3.8, 4) is 6.07 Å². The summed E-state index contributed by atoms with van der Waals surface area (Å²) < 4.78 is 24.7. The van der Waals surface area contributed by atoms with E-state index >= 15 is 0 Å². The Morgan fingerprint density at radius 1 is 1.62 bits per heavy atom. The highest BCUT2D eigenvalue weighted by Crippen LogP contribution is 1.98. The SMILES string of the molecule is CSCCCNS(=O)(=O)C(C)C#N. The van der Waals surface area contributed by atoms with Crippen LogP contribution in [-0.2, 0) is 10.0 Å². The number of hydrogen-bond donors (Lipinski definition) is 1. The van der Waals surface area contributed by atoms with E-state index in [9.17, 15) is 8.42 Å². The number of sulfonamides is 1. The van der Waals surface area contributed by atoms with Gasteiger partial charge in [0, 0.05) is 6.54 Å². The zero-order valence-corrected chi connectivity index (χ0v) is 9.41. The van der Waals surface area contributed by atoms with Crippen molar-refractivity contribution in [2.24, 2.45) is 0 Å². The van der Waals surface area contributed by atoms with Crippen LogP contribution in [0.1, 0.15) is 13.3 Å². The van der Waals surface area contributed by atoms with Gasteiger partial charge < -0.3 is 0 Å². The van der Waals surface area contributed by atoms with E-state index < -0.39 is 15.3 Å². The molecule has 1 atom stereocenters. The van der Waals surface area contributed by atoms with Gasteiger partial charge in [0.2, 0.25) is 10.0 Å². The maximum absolute atomic E-state index is 11.2. The predicted molar refractivity (Wildman–Crippen MR) is 55.0 cm³/mol. The first-order valence-electron chi connectivity index (χ1n) is 3.91. The van der Waals surface area contributed by atoms with Crippen molar-refractivity contribution in [1.29, 1.82) is 5.26 Å². The maximum Gasteiger partial charge on any atom is 0.227 e. The van der Waals surface area contributed by atoms with Crippen molar-refractivity contribution in [3.63, 3.8) is 0 Å². The minimum atomic E-state index is -3.41. The summed E-state index contributed by atoms with van der Waals surface area (Å²) >= 11 is 1.67. The van der Waals surface area contributed by atoms with E-state index in [-0.39, 0.29) is 0 Å². The van der Waals surface area contributed by atoms with Gasteiger partial charge in [0.15, 0.2) is 5.25 Å². The Bertz CT molecular complexity index is 269. The molecule has 0 aliphatic heterocycles. The minimum Gasteiger partial charge on any atom is -0.214 e. The van der Waals surface area contributed by atoms with Gasteiger partial charge in [0.25, 0.3) is 0 Å². The zero-order chi connectivity index (χ0) is 10.3. The molecule has 0 spiro atoms. The molecule has 0 saturated heterocycles. The molecule has 0 radical (unpaired) electrons. The van der Waals surface area contributed by atoms with Crippen LogP contribution in [0.15, 0.2) is 0 Å². The Labute approximate surface area is 83.8 Å². The maximum atomic E-state index is 11.2. The van der Waals surface area contributed by atoms with E-state index in [1.54, 1.807) is 17.8 Å². The smallest absolute Gasteiger partial charge is 0.214 e. The molecule has 4 nitrogen and oxygen atoms in total. The van der Waals surface area contributed by atoms with Crippen LogP contribution in [0.2, 0.25) is 0 Å². The van der Waals surface area contributed by atoms with Gasteiger partial charge in [-0.25, -0.2) is 13.1 Å². The van der Waals surface area contributed by atoms with Crippen LogP contribution in [0.3, 0.4) is 0 Å². The van der Waals surface area contributed by atoms with E-state index in [1.165, 1.54) is 6.92 Å². The van der Waals surface area contributed by atoms with Gasteiger partial charge in [-0.3, -0.25) is 0 Å². The first-order valence-corrected chi connectivity index (χ1v) is 6.85. The second-order valence-corrected chi connectivity index (χ2v) is 5.63. The minimum absolute atomic E-state index is 0.412. The lowest BCUT2D eigenvalue weighted by atomic mass is 10.5. The molecule has 0 aliphatic carbocycles. The largest absolute Gasteiger partial charge is 0.227 e. The number of rotatable bonds is 6. The lowest BCUT2D eigenvalue weighted by Crippen LogP contribution is -2.32. The summed E-state index contributed by atoms with van der Waals surface area (Å²) in [6.07, 6.45) is 2.75. The average Bonchev–Trinajstić information content (AvgIpc) is 2.11. The highest BCUT2D eigenvalue weighted by Gasteiger charge is 2.18. The van der Waals surface area contributed by atoms with Crippen molar-refractivity contribution in [2.45, 2.75) is 18.6 Å². The third-order valence-electron chi connectivity index (χ3n) is 1.48. The van der Waals surface area contributed by atoms with Crippen LogP contribution in [0, 0.1) is 11.3 Å². The first-order chi connectivity index (χ1) is 6.04. The second-order valence-electron chi connectivity index (χ2n) is 2.56. The number of thioether (sulfide) groups is 1. The molecular weight excluding hydrogens is 208 g/mol. The molecule has 0 aromatic carbocycles. The predicted octanol–water partition coefficient (Wildman–Crippen LogP) is 0.571. The molecule has 13 heavy (non-hydrogen) atoms. The number of hydrogen-bond acceptors (Lipinski definition) is 4. The van der Waals surface area contributed by atoms with Gasteiger partial charge in [-0.15, -0.1) is 0 Å². The van der Waals surface area contributed by atoms with Gasteiger partial charge in [-0.2, -0.15) is 17.0 Å². The van der Waals surface area contributed by atoms with E-state index in [4.69, 9.17) is 5.26 Å². The number of nitrogens with one attached hydrogen (secondary N) is 1. The fraction of sp³-hybridized carbons (Fsp3) is 0.857. The summed E-state index contributed by atoms with van der Waals surface area (Å²) in [5, 5.41) is 7.43. The average molecular weight is 222 g/mol. The van der Waals surface area contributed by atoms with E-state index in [0.717, 1.165) is 12.2 Å². The third kappa shape index (κ3) is 5.13. The molecule has 0 aromatic rings. The van der Waals surface area contributed by atoms with Crippen LogP contribution < -0.4 is 4.72 Å². The molecule has 0 bridgehead atoms. The Morgan fingerprint density at radius 3 is 2.69 bits per heavy atom. The first kappa shape index (κ1) is 12.8. The normalized spacial score (nSPS) is 13.6. The standard InChI is InChI=1S/C7H14N2O2S2/c1-7(6-8)13(10,11)9-4-3-5-12-2/h7,9H,3-5H2,1-2H3. The van der Waals surface area contributed by atoms with Crippen LogP contribution in [0.25, 0.3) is 0 Å². The quantitative estimate of drug-likeness (QED) is 0.667. The van der Waals surface area contributed by atoms with E-state index in [0.29, 0.717) is 6.54 Å². The molecule has 0 heterocycles. The van der Waals surface area contributed by atoms with Gasteiger partial charge in [0.1, 0.15) is 0 Å². The van der Waals surface area contributed by atoms with Gasteiger partial charge in [0.05, 0.1) is 6.07 Å². The second kappa shape index (κ2) is 6.24. The molecule has 6 heteroatoms. The molecule has 0 aliphatic rings. The topological polar surface area (TPSA) is 70.0 Å². The van der Waals surface area contributed by atoms with Crippen LogP contribution in [0.5, 0.6) is 0 Å². The molecule has 0 amide bonds. The summed E-state index contributed by atoms with van der Waals surface area (Å²) in [4.78, 5) is 0. The number of nitriles is 1. The van der Waals surface area contributed by atoms with Crippen molar-refractivity contribution >= 4 is 21.8 Å². The summed E-state index contributed by atoms with van der Waals surface area (Å²) in [7, 11) is -3.41. The van der Waals surface area contributed by atoms with Gasteiger partial charge in [-0.05, 0) is 25.4 Å². The number of nitrogens with zero attached hydrogens (tertiary/aromatic N) is 1.